The third-order valence-electron chi connectivity index (χ3n) is 7.78. The summed E-state index contributed by atoms with van der Waals surface area (Å²) in [5.74, 6) is 0.594. The van der Waals surface area contributed by atoms with E-state index in [2.05, 4.69) is 53.7 Å². The van der Waals surface area contributed by atoms with Gasteiger partial charge in [-0.25, -0.2) is 0 Å². The summed E-state index contributed by atoms with van der Waals surface area (Å²) in [7, 11) is 2.14. The van der Waals surface area contributed by atoms with Gasteiger partial charge in [0, 0.05) is 31.5 Å². The molecular weight excluding hydrogens is 508 g/mol. The van der Waals surface area contributed by atoms with Crippen LogP contribution in [0.3, 0.4) is 0 Å². The van der Waals surface area contributed by atoms with E-state index in [4.69, 9.17) is 11.6 Å². The topological polar surface area (TPSA) is 76.0 Å². The maximum Gasteiger partial charge on any atom is 0.157 e. The summed E-state index contributed by atoms with van der Waals surface area (Å²) in [5.41, 5.74) is 7.15. The van der Waals surface area contributed by atoms with Crippen LogP contribution >= 0.6 is 11.6 Å². The van der Waals surface area contributed by atoms with Crippen molar-refractivity contribution in [3.63, 3.8) is 0 Å². The van der Waals surface area contributed by atoms with E-state index in [-0.39, 0.29) is 29.1 Å². The highest BCUT2D eigenvalue weighted by molar-refractivity contribution is 6.32. The second-order valence-electron chi connectivity index (χ2n) is 10.4. The molecule has 5 nitrogen and oxygen atoms in total. The zero-order valence-electron chi connectivity index (χ0n) is 22.1. The number of rotatable bonds is 2. The molecule has 0 bridgehead atoms. The van der Waals surface area contributed by atoms with Gasteiger partial charge in [-0.05, 0) is 84.1 Å². The van der Waals surface area contributed by atoms with Crippen LogP contribution in [0.2, 0.25) is 5.02 Å². The van der Waals surface area contributed by atoms with Crippen molar-refractivity contribution in [3.8, 4) is 17.2 Å². The van der Waals surface area contributed by atoms with Gasteiger partial charge in [0.2, 0.25) is 0 Å². The smallest absolute Gasteiger partial charge is 0.157 e. The van der Waals surface area contributed by atoms with Crippen molar-refractivity contribution in [1.82, 2.24) is 10.2 Å². The molecule has 2 aliphatic heterocycles. The van der Waals surface area contributed by atoms with Crippen LogP contribution in [0.25, 0.3) is 0 Å². The van der Waals surface area contributed by atoms with Gasteiger partial charge in [-0.2, -0.15) is 0 Å². The summed E-state index contributed by atoms with van der Waals surface area (Å²) in [4.78, 5) is 2.34. The number of phenolic OH excluding ortho intramolecular Hbond substituents is 3. The first kappa shape index (κ1) is 27.1. The number of benzene rings is 4. The Balaban J connectivity index is 0.000000158. The van der Waals surface area contributed by atoms with E-state index in [1.54, 1.807) is 12.1 Å². The fourth-order valence-electron chi connectivity index (χ4n) is 5.68. The minimum absolute atomic E-state index is 0.0348. The molecule has 6 rings (SSSR count). The lowest BCUT2D eigenvalue weighted by atomic mass is 9.88. The number of phenols is 3. The fraction of sp³-hybridized carbons (Fsp3) is 0.273. The highest BCUT2D eigenvalue weighted by atomic mass is 35.5. The highest BCUT2D eigenvalue weighted by Gasteiger charge is 2.24. The number of nitrogens with one attached hydrogen (secondary N) is 1. The predicted octanol–water partition coefficient (Wildman–Crippen LogP) is 6.04. The van der Waals surface area contributed by atoms with Crippen LogP contribution in [0.1, 0.15) is 45.2 Å². The first-order valence-corrected chi connectivity index (χ1v) is 13.8. The molecule has 0 aromatic heterocycles. The Morgan fingerprint density at radius 2 is 1.28 bits per heavy atom. The molecule has 0 saturated heterocycles. The fourth-order valence-corrected chi connectivity index (χ4v) is 5.87. The maximum absolute atomic E-state index is 9.95. The first-order valence-electron chi connectivity index (χ1n) is 13.5. The molecule has 0 unspecified atom stereocenters. The Morgan fingerprint density at radius 3 is 1.97 bits per heavy atom. The van der Waals surface area contributed by atoms with Crippen molar-refractivity contribution in [2.45, 2.75) is 24.7 Å². The molecule has 2 heterocycles. The van der Waals surface area contributed by atoms with Crippen molar-refractivity contribution in [1.29, 1.82) is 0 Å². The molecule has 0 spiro atoms. The second-order valence-corrected chi connectivity index (χ2v) is 10.8. The zero-order chi connectivity index (χ0) is 27.4. The molecule has 0 saturated carbocycles. The minimum atomic E-state index is -0.0402. The molecule has 4 aromatic rings. The van der Waals surface area contributed by atoms with Crippen molar-refractivity contribution in [2.75, 3.05) is 33.2 Å². The second kappa shape index (κ2) is 12.1. The average Bonchev–Trinajstić information content (AvgIpc) is 3.25. The molecule has 39 heavy (non-hydrogen) atoms. The molecule has 202 valence electrons. The lowest BCUT2D eigenvalue weighted by molar-refractivity contribution is 0.338. The van der Waals surface area contributed by atoms with E-state index in [9.17, 15) is 15.3 Å². The molecule has 2 aliphatic rings. The first-order chi connectivity index (χ1) is 18.9. The summed E-state index contributed by atoms with van der Waals surface area (Å²) >= 11 is 6.07. The van der Waals surface area contributed by atoms with Crippen LogP contribution < -0.4 is 5.32 Å². The normalized spacial score (nSPS) is 19.0. The summed E-state index contributed by atoms with van der Waals surface area (Å²) in [6.45, 7) is 3.71. The van der Waals surface area contributed by atoms with Gasteiger partial charge in [0.25, 0.3) is 0 Å². The zero-order valence-corrected chi connectivity index (χ0v) is 22.9. The maximum atomic E-state index is 9.95. The van der Waals surface area contributed by atoms with E-state index in [1.807, 2.05) is 36.4 Å². The van der Waals surface area contributed by atoms with Gasteiger partial charge in [-0.3, -0.25) is 0 Å². The molecule has 6 heteroatoms. The average molecular weight is 543 g/mol. The van der Waals surface area contributed by atoms with Crippen LogP contribution in [0, 0.1) is 0 Å². The monoisotopic (exact) mass is 542 g/mol. The SMILES string of the molecule is CN1CCc2cc(Cl)c(O)cc2[C@@H](c2ccccc2)C1.Oc1cc2c(cc1O)[C@@H](c1ccccc1)CNCC2. The Kier molecular flexibility index (Phi) is 8.41. The van der Waals surface area contributed by atoms with Gasteiger partial charge in [0.05, 0.1) is 5.02 Å². The number of likely N-dealkylation sites (N-methyl/N-ethyl adjacent to an activating group) is 1. The molecular formula is C33H35ClN2O3. The Bertz CT molecular complexity index is 1410. The third kappa shape index (κ3) is 6.22. The summed E-state index contributed by atoms with van der Waals surface area (Å²) in [6.07, 6.45) is 1.83. The Morgan fingerprint density at radius 1 is 0.718 bits per heavy atom. The predicted molar refractivity (Wildman–Crippen MR) is 157 cm³/mol. The molecule has 2 atom stereocenters. The Labute approximate surface area is 235 Å². The van der Waals surface area contributed by atoms with Crippen LogP contribution in [0.15, 0.2) is 84.9 Å². The van der Waals surface area contributed by atoms with Gasteiger partial charge in [-0.15, -0.1) is 0 Å². The number of halogens is 1. The van der Waals surface area contributed by atoms with Crippen molar-refractivity contribution in [3.05, 3.63) is 123 Å². The van der Waals surface area contributed by atoms with E-state index in [0.29, 0.717) is 5.02 Å². The number of fused-ring (bicyclic) bond motifs is 2. The van der Waals surface area contributed by atoms with Crippen molar-refractivity contribution < 1.29 is 15.3 Å². The van der Waals surface area contributed by atoms with Gasteiger partial charge in [0.15, 0.2) is 11.5 Å². The Hall–Kier alpha value is -3.51. The molecule has 4 N–H and O–H groups in total. The van der Waals surface area contributed by atoms with Crippen LogP contribution in [0.4, 0.5) is 0 Å². The van der Waals surface area contributed by atoms with E-state index >= 15 is 0 Å². The van der Waals surface area contributed by atoms with E-state index in [0.717, 1.165) is 50.1 Å². The summed E-state index contributed by atoms with van der Waals surface area (Å²) in [6, 6.07) is 27.9. The molecule has 4 aromatic carbocycles. The quantitative estimate of drug-likeness (QED) is 0.232. The summed E-state index contributed by atoms with van der Waals surface area (Å²) < 4.78 is 0. The van der Waals surface area contributed by atoms with Crippen LogP contribution in [-0.2, 0) is 12.8 Å². The van der Waals surface area contributed by atoms with Crippen LogP contribution in [0.5, 0.6) is 17.2 Å². The lowest BCUT2D eigenvalue weighted by Crippen LogP contribution is -2.24. The molecule has 0 aliphatic carbocycles. The minimum Gasteiger partial charge on any atom is -0.506 e. The van der Waals surface area contributed by atoms with Crippen molar-refractivity contribution in [2.24, 2.45) is 0 Å². The third-order valence-corrected chi connectivity index (χ3v) is 8.08. The van der Waals surface area contributed by atoms with E-state index in [1.165, 1.54) is 22.3 Å². The summed E-state index contributed by atoms with van der Waals surface area (Å²) in [5, 5.41) is 33.2. The van der Waals surface area contributed by atoms with Gasteiger partial charge in [0.1, 0.15) is 5.75 Å². The number of hydrogen-bond donors (Lipinski definition) is 4. The van der Waals surface area contributed by atoms with E-state index < -0.39 is 0 Å². The van der Waals surface area contributed by atoms with Gasteiger partial charge in [-0.1, -0.05) is 72.3 Å². The lowest BCUT2D eigenvalue weighted by Gasteiger charge is -2.22. The van der Waals surface area contributed by atoms with Gasteiger partial charge < -0.3 is 25.5 Å². The molecule has 0 fully saturated rings. The number of hydrogen-bond acceptors (Lipinski definition) is 5. The number of aromatic hydroxyl groups is 3. The van der Waals surface area contributed by atoms with Crippen molar-refractivity contribution >= 4 is 11.6 Å². The molecule has 0 radical (unpaired) electrons. The van der Waals surface area contributed by atoms with Crippen LogP contribution in [-0.4, -0.2) is 53.4 Å². The standard InChI is InChI=1S/C17H18ClNO.C16H17NO2/c1-19-8-7-13-9-16(18)17(20)10-14(13)15(11-19)12-5-3-2-4-6-12;18-15-8-12-6-7-17-10-14(13(12)9-16(15)19)11-4-2-1-3-5-11/h2-6,9-10,15,20H,7-8,11H2,1H3;1-5,8-9,14,17-19H,6-7,10H2/t15-;14-/m11/s1. The van der Waals surface area contributed by atoms with Gasteiger partial charge >= 0.3 is 0 Å². The number of nitrogens with zero attached hydrogens (tertiary/aromatic N) is 1. The highest BCUT2D eigenvalue weighted by Crippen LogP contribution is 2.37. The largest absolute Gasteiger partial charge is 0.506 e. The molecule has 0 amide bonds.